The minimum atomic E-state index is 0.126. The lowest BCUT2D eigenvalue weighted by molar-refractivity contribution is 0.0725. The molecule has 2 aromatic rings. The molecule has 1 unspecified atom stereocenters. The topological polar surface area (TPSA) is 63.9 Å². The van der Waals surface area contributed by atoms with Crippen molar-refractivity contribution < 1.29 is 13.9 Å². The van der Waals surface area contributed by atoms with Gasteiger partial charge in [0, 0.05) is 31.1 Å². The fraction of sp³-hybridized carbons (Fsp3) is 0.556. The normalized spacial score (nSPS) is 24.6. The van der Waals surface area contributed by atoms with Crippen LogP contribution in [-0.2, 0) is 11.3 Å². The first-order chi connectivity index (χ1) is 12.3. The van der Waals surface area contributed by atoms with Gasteiger partial charge in [-0.3, -0.25) is 4.90 Å². The van der Waals surface area contributed by atoms with Crippen molar-refractivity contribution in [3.8, 4) is 5.88 Å². The molecule has 25 heavy (non-hydrogen) atoms. The van der Waals surface area contributed by atoms with Gasteiger partial charge in [-0.25, -0.2) is 9.97 Å². The summed E-state index contributed by atoms with van der Waals surface area (Å²) in [5.74, 6) is 2.51. The number of aromatic nitrogens is 2. The minimum Gasteiger partial charge on any atom is -0.481 e. The van der Waals surface area contributed by atoms with Crippen LogP contribution in [0.5, 0.6) is 5.88 Å². The number of anilines is 1. The number of rotatable bonds is 4. The van der Waals surface area contributed by atoms with Crippen LogP contribution in [-0.4, -0.2) is 61.4 Å². The second-order valence-electron chi connectivity index (χ2n) is 6.93. The van der Waals surface area contributed by atoms with Crippen molar-refractivity contribution in [2.75, 3.05) is 51.4 Å². The lowest BCUT2D eigenvalue weighted by atomic mass is 9.87. The Morgan fingerprint density at radius 3 is 3.08 bits per heavy atom. The molecule has 0 bridgehead atoms. The molecule has 0 aromatic carbocycles. The predicted molar refractivity (Wildman–Crippen MR) is 92.7 cm³/mol. The average Bonchev–Trinajstić information content (AvgIpc) is 3.23. The van der Waals surface area contributed by atoms with E-state index in [0.29, 0.717) is 12.5 Å². The van der Waals surface area contributed by atoms with Crippen LogP contribution < -0.4 is 9.64 Å². The van der Waals surface area contributed by atoms with Crippen LogP contribution in [0, 0.1) is 5.41 Å². The summed E-state index contributed by atoms with van der Waals surface area (Å²) in [6.07, 6.45) is 4.41. The number of hydrogen-bond acceptors (Lipinski definition) is 7. The van der Waals surface area contributed by atoms with Crippen LogP contribution in [0.25, 0.3) is 0 Å². The van der Waals surface area contributed by atoms with Crippen molar-refractivity contribution >= 4 is 5.82 Å². The molecular weight excluding hydrogens is 320 g/mol. The maximum absolute atomic E-state index is 5.96. The lowest BCUT2D eigenvalue weighted by Gasteiger charge is -2.32. The standard InChI is InChI=1S/C18H24N4O3/c1-23-17-9-16(19-14-20-17)22-6-8-24-13-18(12-22)4-5-21(11-18)10-15-3-2-7-25-15/h2-3,7,9,14H,4-6,8,10-13H2,1H3. The molecule has 2 saturated heterocycles. The van der Waals surface area contributed by atoms with E-state index < -0.39 is 0 Å². The molecule has 7 heteroatoms. The van der Waals surface area contributed by atoms with Gasteiger partial charge in [0.15, 0.2) is 0 Å². The van der Waals surface area contributed by atoms with Gasteiger partial charge < -0.3 is 18.8 Å². The van der Waals surface area contributed by atoms with Crippen LogP contribution in [0.4, 0.5) is 5.82 Å². The number of hydrogen-bond donors (Lipinski definition) is 0. The SMILES string of the molecule is COc1cc(N2CCOCC3(CCN(Cc4ccco4)C3)C2)ncn1. The highest BCUT2D eigenvalue weighted by Crippen LogP contribution is 2.35. The molecule has 2 fully saturated rings. The molecule has 134 valence electrons. The summed E-state index contributed by atoms with van der Waals surface area (Å²) in [6, 6.07) is 5.88. The maximum Gasteiger partial charge on any atom is 0.218 e. The van der Waals surface area contributed by atoms with E-state index >= 15 is 0 Å². The third-order valence-corrected chi connectivity index (χ3v) is 5.08. The van der Waals surface area contributed by atoms with E-state index in [-0.39, 0.29) is 5.41 Å². The summed E-state index contributed by atoms with van der Waals surface area (Å²) < 4.78 is 16.7. The van der Waals surface area contributed by atoms with Gasteiger partial charge in [0.1, 0.15) is 17.9 Å². The first-order valence-electron chi connectivity index (χ1n) is 8.70. The van der Waals surface area contributed by atoms with Crippen LogP contribution in [0.1, 0.15) is 12.2 Å². The molecule has 1 spiro atoms. The van der Waals surface area contributed by atoms with Crippen LogP contribution >= 0.6 is 0 Å². The monoisotopic (exact) mass is 344 g/mol. The Balaban J connectivity index is 1.48. The Labute approximate surface area is 147 Å². The molecule has 2 aliphatic rings. The van der Waals surface area contributed by atoms with Crippen molar-refractivity contribution in [2.24, 2.45) is 5.41 Å². The highest BCUT2D eigenvalue weighted by atomic mass is 16.5. The number of likely N-dealkylation sites (tertiary alicyclic amines) is 1. The number of methoxy groups -OCH3 is 1. The van der Waals surface area contributed by atoms with Gasteiger partial charge in [-0.05, 0) is 25.1 Å². The van der Waals surface area contributed by atoms with Gasteiger partial charge in [0.05, 0.1) is 33.1 Å². The Morgan fingerprint density at radius 1 is 1.28 bits per heavy atom. The zero-order valence-corrected chi connectivity index (χ0v) is 14.6. The number of ether oxygens (including phenoxy) is 2. The molecular formula is C18H24N4O3. The van der Waals surface area contributed by atoms with Crippen LogP contribution in [0.15, 0.2) is 35.2 Å². The van der Waals surface area contributed by atoms with Crippen molar-refractivity contribution in [2.45, 2.75) is 13.0 Å². The fourth-order valence-electron chi connectivity index (χ4n) is 3.84. The van der Waals surface area contributed by atoms with Gasteiger partial charge in [-0.15, -0.1) is 0 Å². The van der Waals surface area contributed by atoms with Crippen molar-refractivity contribution in [1.82, 2.24) is 14.9 Å². The summed E-state index contributed by atoms with van der Waals surface area (Å²) in [5, 5.41) is 0. The zero-order chi connectivity index (χ0) is 17.1. The van der Waals surface area contributed by atoms with Crippen molar-refractivity contribution in [3.05, 3.63) is 36.5 Å². The van der Waals surface area contributed by atoms with Gasteiger partial charge in [-0.2, -0.15) is 0 Å². The highest BCUT2D eigenvalue weighted by Gasteiger charge is 2.41. The van der Waals surface area contributed by atoms with E-state index in [1.807, 2.05) is 18.2 Å². The number of furan rings is 1. The van der Waals surface area contributed by atoms with Crippen LogP contribution in [0.2, 0.25) is 0 Å². The molecule has 0 aliphatic carbocycles. The second kappa shape index (κ2) is 7.01. The van der Waals surface area contributed by atoms with E-state index in [4.69, 9.17) is 13.9 Å². The first kappa shape index (κ1) is 16.4. The summed E-state index contributed by atoms with van der Waals surface area (Å²) >= 11 is 0. The van der Waals surface area contributed by atoms with E-state index in [9.17, 15) is 0 Å². The van der Waals surface area contributed by atoms with Gasteiger partial charge in [0.25, 0.3) is 0 Å². The maximum atomic E-state index is 5.96. The highest BCUT2D eigenvalue weighted by molar-refractivity contribution is 5.41. The summed E-state index contributed by atoms with van der Waals surface area (Å²) in [4.78, 5) is 13.3. The fourth-order valence-corrected chi connectivity index (χ4v) is 3.84. The minimum absolute atomic E-state index is 0.126. The van der Waals surface area contributed by atoms with Gasteiger partial charge >= 0.3 is 0 Å². The molecule has 2 aromatic heterocycles. The van der Waals surface area contributed by atoms with Crippen LogP contribution in [0.3, 0.4) is 0 Å². The van der Waals surface area contributed by atoms with E-state index in [1.165, 1.54) is 0 Å². The first-order valence-corrected chi connectivity index (χ1v) is 8.70. The van der Waals surface area contributed by atoms with E-state index in [0.717, 1.165) is 57.3 Å². The third-order valence-electron chi connectivity index (χ3n) is 5.08. The molecule has 0 N–H and O–H groups in total. The Morgan fingerprint density at radius 2 is 2.24 bits per heavy atom. The predicted octanol–water partition coefficient (Wildman–Crippen LogP) is 1.81. The number of nitrogens with zero attached hydrogens (tertiary/aromatic N) is 4. The van der Waals surface area contributed by atoms with Crippen molar-refractivity contribution in [1.29, 1.82) is 0 Å². The molecule has 2 aliphatic heterocycles. The average molecular weight is 344 g/mol. The van der Waals surface area contributed by atoms with E-state index in [2.05, 4.69) is 19.8 Å². The lowest BCUT2D eigenvalue weighted by Crippen LogP contribution is -2.41. The second-order valence-corrected chi connectivity index (χ2v) is 6.93. The third kappa shape index (κ3) is 3.62. The molecule has 1 atom stereocenters. The van der Waals surface area contributed by atoms with E-state index in [1.54, 1.807) is 19.7 Å². The Kier molecular flexibility index (Phi) is 4.59. The summed E-state index contributed by atoms with van der Waals surface area (Å²) in [5.41, 5.74) is 0.126. The summed E-state index contributed by atoms with van der Waals surface area (Å²) in [6.45, 7) is 6.20. The largest absolute Gasteiger partial charge is 0.481 e. The Hall–Kier alpha value is -2.12. The molecule has 0 amide bonds. The summed E-state index contributed by atoms with van der Waals surface area (Å²) in [7, 11) is 1.63. The molecule has 4 heterocycles. The molecule has 4 rings (SSSR count). The molecule has 0 saturated carbocycles. The quantitative estimate of drug-likeness (QED) is 0.838. The van der Waals surface area contributed by atoms with Gasteiger partial charge in [-0.1, -0.05) is 0 Å². The van der Waals surface area contributed by atoms with Gasteiger partial charge in [0.2, 0.25) is 5.88 Å². The molecule has 7 nitrogen and oxygen atoms in total. The molecule has 0 radical (unpaired) electrons. The zero-order valence-electron chi connectivity index (χ0n) is 14.6. The Bertz CT molecular complexity index is 693. The smallest absolute Gasteiger partial charge is 0.218 e. The van der Waals surface area contributed by atoms with Crippen molar-refractivity contribution in [3.63, 3.8) is 0 Å².